The average molecular weight is 315 g/mol. The molecule has 1 aromatic carbocycles. The minimum atomic E-state index is -3.54. The molecule has 3 N–H and O–H groups in total. The molecule has 1 aliphatic carbocycles. The van der Waals surface area contributed by atoms with Crippen LogP contribution in [0.3, 0.4) is 0 Å². The van der Waals surface area contributed by atoms with Crippen molar-refractivity contribution < 1.29 is 8.42 Å². The second-order valence-corrected chi connectivity index (χ2v) is 7.18. The van der Waals surface area contributed by atoms with Gasteiger partial charge >= 0.3 is 0 Å². The summed E-state index contributed by atoms with van der Waals surface area (Å²) in [5, 5.41) is 0.373. The van der Waals surface area contributed by atoms with Crippen LogP contribution in [-0.2, 0) is 10.0 Å². The molecule has 4 nitrogen and oxygen atoms in total. The van der Waals surface area contributed by atoms with Gasteiger partial charge in [-0.25, -0.2) is 13.1 Å². The molecule has 0 heterocycles. The van der Waals surface area contributed by atoms with Gasteiger partial charge in [0, 0.05) is 6.54 Å². The molecule has 0 amide bonds. The number of benzene rings is 1. The molecular formula is C14H19ClN2O2S. The molecule has 2 rings (SSSR count). The number of anilines is 1. The first-order valence-electron chi connectivity index (χ1n) is 6.63. The van der Waals surface area contributed by atoms with Gasteiger partial charge in [-0.05, 0) is 50.3 Å². The van der Waals surface area contributed by atoms with E-state index in [1.54, 1.807) is 13.0 Å². The molecule has 0 aromatic heterocycles. The lowest BCUT2D eigenvalue weighted by Crippen LogP contribution is -2.25. The highest BCUT2D eigenvalue weighted by molar-refractivity contribution is 7.89. The first kappa shape index (κ1) is 15.4. The monoisotopic (exact) mass is 314 g/mol. The molecule has 0 spiro atoms. The van der Waals surface area contributed by atoms with Gasteiger partial charge in [-0.15, -0.1) is 0 Å². The van der Waals surface area contributed by atoms with Crippen LogP contribution in [-0.4, -0.2) is 15.0 Å². The van der Waals surface area contributed by atoms with Gasteiger partial charge in [0.2, 0.25) is 10.0 Å². The third-order valence-corrected chi connectivity index (χ3v) is 5.39. The summed E-state index contributed by atoms with van der Waals surface area (Å²) in [6, 6.07) is 2.99. The van der Waals surface area contributed by atoms with E-state index in [4.69, 9.17) is 17.3 Å². The minimum Gasteiger partial charge on any atom is -0.397 e. The lowest BCUT2D eigenvalue weighted by molar-refractivity contribution is 0.580. The largest absolute Gasteiger partial charge is 0.397 e. The molecule has 20 heavy (non-hydrogen) atoms. The number of nitrogen functional groups attached to an aromatic ring is 1. The van der Waals surface area contributed by atoms with Crippen LogP contribution in [0.5, 0.6) is 0 Å². The van der Waals surface area contributed by atoms with E-state index in [1.807, 2.05) is 0 Å². The van der Waals surface area contributed by atoms with Gasteiger partial charge in [-0.1, -0.05) is 23.3 Å². The third-order valence-electron chi connectivity index (χ3n) is 3.46. The van der Waals surface area contributed by atoms with E-state index < -0.39 is 10.0 Å². The molecule has 0 atom stereocenters. The first-order valence-corrected chi connectivity index (χ1v) is 8.49. The van der Waals surface area contributed by atoms with Crippen molar-refractivity contribution in [2.75, 3.05) is 12.3 Å². The quantitative estimate of drug-likeness (QED) is 0.648. The lowest BCUT2D eigenvalue weighted by Gasteiger charge is -2.11. The fourth-order valence-electron chi connectivity index (χ4n) is 2.35. The van der Waals surface area contributed by atoms with E-state index >= 15 is 0 Å². The number of nitrogens with one attached hydrogen (secondary N) is 1. The maximum Gasteiger partial charge on any atom is 0.240 e. The molecule has 0 unspecified atom stereocenters. The number of allylic oxidation sites excluding steroid dienone is 1. The molecule has 1 aromatic rings. The number of rotatable bonds is 5. The molecule has 0 radical (unpaired) electrons. The molecule has 1 aliphatic rings. The van der Waals surface area contributed by atoms with Crippen LogP contribution < -0.4 is 10.5 Å². The number of hydrogen-bond acceptors (Lipinski definition) is 3. The minimum absolute atomic E-state index is 0.194. The summed E-state index contributed by atoms with van der Waals surface area (Å²) in [6.45, 7) is 2.12. The van der Waals surface area contributed by atoms with E-state index in [-0.39, 0.29) is 10.6 Å². The summed E-state index contributed by atoms with van der Waals surface area (Å²) in [4.78, 5) is 0.194. The molecule has 0 bridgehead atoms. The van der Waals surface area contributed by atoms with Crippen LogP contribution in [0.1, 0.15) is 31.2 Å². The number of sulfonamides is 1. The lowest BCUT2D eigenvalue weighted by atomic mass is 10.2. The topological polar surface area (TPSA) is 72.2 Å². The smallest absolute Gasteiger partial charge is 0.240 e. The van der Waals surface area contributed by atoms with Crippen molar-refractivity contribution in [2.45, 2.75) is 37.5 Å². The summed E-state index contributed by atoms with van der Waals surface area (Å²) in [6.07, 6.45) is 6.32. The number of halogens is 1. The number of nitrogens with two attached hydrogens (primary N) is 1. The van der Waals surface area contributed by atoms with Crippen LogP contribution in [0.4, 0.5) is 5.69 Å². The molecule has 0 fully saturated rings. The molecule has 110 valence electrons. The van der Waals surface area contributed by atoms with Gasteiger partial charge < -0.3 is 5.73 Å². The normalized spacial score (nSPS) is 15.4. The van der Waals surface area contributed by atoms with Crippen LogP contribution in [0.25, 0.3) is 0 Å². The van der Waals surface area contributed by atoms with Crippen molar-refractivity contribution in [3.63, 3.8) is 0 Å². The Balaban J connectivity index is 2.08. The Bertz CT molecular complexity index is 639. The van der Waals surface area contributed by atoms with Crippen molar-refractivity contribution in [1.82, 2.24) is 4.72 Å². The van der Waals surface area contributed by atoms with Gasteiger partial charge in [-0.3, -0.25) is 0 Å². The van der Waals surface area contributed by atoms with Gasteiger partial charge in [0.15, 0.2) is 0 Å². The molecule has 6 heteroatoms. The zero-order chi connectivity index (χ0) is 14.8. The van der Waals surface area contributed by atoms with E-state index in [2.05, 4.69) is 10.8 Å². The number of aryl methyl sites for hydroxylation is 1. The fraction of sp³-hybridized carbons (Fsp3) is 0.429. The van der Waals surface area contributed by atoms with Gasteiger partial charge in [0.25, 0.3) is 0 Å². The Morgan fingerprint density at radius 3 is 2.80 bits per heavy atom. The summed E-state index contributed by atoms with van der Waals surface area (Å²) in [5.41, 5.74) is 7.88. The van der Waals surface area contributed by atoms with Gasteiger partial charge in [0.05, 0.1) is 15.6 Å². The van der Waals surface area contributed by atoms with Crippen molar-refractivity contribution in [1.29, 1.82) is 0 Å². The van der Waals surface area contributed by atoms with E-state index in [1.165, 1.54) is 18.1 Å². The van der Waals surface area contributed by atoms with Crippen molar-refractivity contribution in [3.8, 4) is 0 Å². The highest BCUT2D eigenvalue weighted by atomic mass is 35.5. The highest BCUT2D eigenvalue weighted by Gasteiger charge is 2.18. The maximum atomic E-state index is 12.3. The maximum absolute atomic E-state index is 12.3. The molecule has 0 saturated carbocycles. The standard InChI is InChI=1S/C14H19ClN2O2S/c1-10-8-12(15)13(16)9-14(10)20(18,19)17-7-6-11-4-2-3-5-11/h4,8-9,17H,2-3,5-7,16H2,1H3. The molecule has 0 saturated heterocycles. The van der Waals surface area contributed by atoms with Crippen molar-refractivity contribution >= 4 is 27.3 Å². The van der Waals surface area contributed by atoms with Gasteiger partial charge in [0.1, 0.15) is 0 Å². The van der Waals surface area contributed by atoms with Crippen molar-refractivity contribution in [3.05, 3.63) is 34.4 Å². The summed E-state index contributed by atoms with van der Waals surface area (Å²) < 4.78 is 27.1. The average Bonchev–Trinajstić information content (AvgIpc) is 2.86. The zero-order valence-electron chi connectivity index (χ0n) is 11.4. The third kappa shape index (κ3) is 3.53. The van der Waals surface area contributed by atoms with Crippen molar-refractivity contribution in [2.24, 2.45) is 0 Å². The van der Waals surface area contributed by atoms with Gasteiger partial charge in [-0.2, -0.15) is 0 Å². The summed E-state index contributed by atoms with van der Waals surface area (Å²) >= 11 is 5.88. The van der Waals surface area contributed by atoms with Crippen LogP contribution in [0, 0.1) is 6.92 Å². The SMILES string of the molecule is Cc1cc(Cl)c(N)cc1S(=O)(=O)NCCC1=CCCC1. The van der Waals surface area contributed by atoms with E-state index in [0.717, 1.165) is 19.3 Å². The van der Waals surface area contributed by atoms with Crippen LogP contribution in [0.2, 0.25) is 5.02 Å². The fourth-order valence-corrected chi connectivity index (χ4v) is 3.86. The predicted molar refractivity (Wildman–Crippen MR) is 82.3 cm³/mol. The van der Waals surface area contributed by atoms with Crippen LogP contribution in [0.15, 0.2) is 28.7 Å². The summed E-state index contributed by atoms with van der Waals surface area (Å²) in [7, 11) is -3.54. The first-order chi connectivity index (χ1) is 9.40. The zero-order valence-corrected chi connectivity index (χ0v) is 13.0. The Labute approximate surface area is 125 Å². The van der Waals surface area contributed by atoms with Crippen LogP contribution >= 0.6 is 11.6 Å². The summed E-state index contributed by atoms with van der Waals surface area (Å²) in [5.74, 6) is 0. The number of hydrogen-bond donors (Lipinski definition) is 2. The molecule has 0 aliphatic heterocycles. The van der Waals surface area contributed by atoms with E-state index in [0.29, 0.717) is 17.1 Å². The second kappa shape index (κ2) is 6.16. The Morgan fingerprint density at radius 1 is 1.40 bits per heavy atom. The molecular weight excluding hydrogens is 296 g/mol. The Kier molecular flexibility index (Phi) is 4.73. The van der Waals surface area contributed by atoms with E-state index in [9.17, 15) is 8.42 Å². The Morgan fingerprint density at radius 2 is 2.15 bits per heavy atom. The second-order valence-electron chi connectivity index (χ2n) is 5.04. The Hall–Kier alpha value is -1.04. The predicted octanol–water partition coefficient (Wildman–Crippen LogP) is 3.01. The highest BCUT2D eigenvalue weighted by Crippen LogP contribution is 2.26.